The molecule has 1 heterocycles. The molecule has 3 rings (SSSR count). The van der Waals surface area contributed by atoms with Crippen LogP contribution in [0.3, 0.4) is 0 Å². The van der Waals surface area contributed by atoms with Crippen LogP contribution in [0.2, 0.25) is 0 Å². The van der Waals surface area contributed by atoms with Crippen molar-refractivity contribution in [2.75, 3.05) is 17.2 Å². The van der Waals surface area contributed by atoms with Gasteiger partial charge in [-0.05, 0) is 42.3 Å². The van der Waals surface area contributed by atoms with Gasteiger partial charge >= 0.3 is 0 Å². The second-order valence-corrected chi connectivity index (χ2v) is 6.31. The van der Waals surface area contributed by atoms with Crippen molar-refractivity contribution >= 4 is 28.9 Å². The minimum atomic E-state index is -0.199. The van der Waals surface area contributed by atoms with E-state index in [0.29, 0.717) is 17.9 Å². The summed E-state index contributed by atoms with van der Waals surface area (Å²) in [5.74, 6) is -0.323. The lowest BCUT2D eigenvalue weighted by atomic mass is 10.1. The molecule has 0 spiro atoms. The zero-order valence-corrected chi connectivity index (χ0v) is 15.6. The Morgan fingerprint density at radius 3 is 2.39 bits per heavy atom. The molecule has 142 valence electrons. The molecule has 0 saturated carbocycles. The van der Waals surface area contributed by atoms with Gasteiger partial charge in [-0.25, -0.2) is 4.98 Å². The van der Waals surface area contributed by atoms with Gasteiger partial charge in [-0.2, -0.15) is 0 Å². The van der Waals surface area contributed by atoms with E-state index in [1.165, 1.54) is 12.5 Å². The molecular formula is C22H22N4O2. The monoisotopic (exact) mass is 374 g/mol. The van der Waals surface area contributed by atoms with Crippen molar-refractivity contribution in [2.24, 2.45) is 0 Å². The molecule has 6 nitrogen and oxygen atoms in total. The minimum Gasteiger partial charge on any atom is -0.354 e. The van der Waals surface area contributed by atoms with Crippen molar-refractivity contribution < 1.29 is 9.59 Å². The number of amides is 2. The Balaban J connectivity index is 1.54. The second kappa shape index (κ2) is 9.32. The Kier molecular flexibility index (Phi) is 6.36. The predicted octanol–water partition coefficient (Wildman–Crippen LogP) is 3.76. The molecule has 0 unspecified atom stereocenters. The standard InChI is InChI=1S/C22H22N4O2/c1-16(27)25-18-8-5-9-19(14-18)26-20-10-11-21(24-15-20)22(28)23-13-12-17-6-3-2-4-7-17/h2-11,14-15,26H,12-13H2,1H3,(H,23,28)(H,25,27). The van der Waals surface area contributed by atoms with E-state index in [1.54, 1.807) is 18.3 Å². The third-order valence-corrected chi connectivity index (χ3v) is 4.01. The van der Waals surface area contributed by atoms with Crippen LogP contribution >= 0.6 is 0 Å². The fourth-order valence-electron chi connectivity index (χ4n) is 2.70. The molecule has 0 atom stereocenters. The molecular weight excluding hydrogens is 352 g/mol. The Hall–Kier alpha value is -3.67. The highest BCUT2D eigenvalue weighted by atomic mass is 16.2. The van der Waals surface area contributed by atoms with Crippen LogP contribution in [0.25, 0.3) is 0 Å². The van der Waals surface area contributed by atoms with Crippen molar-refractivity contribution in [1.82, 2.24) is 10.3 Å². The first-order chi connectivity index (χ1) is 13.6. The maximum Gasteiger partial charge on any atom is 0.269 e. The number of rotatable bonds is 7. The van der Waals surface area contributed by atoms with E-state index < -0.39 is 0 Å². The average molecular weight is 374 g/mol. The molecule has 3 N–H and O–H groups in total. The van der Waals surface area contributed by atoms with Crippen molar-refractivity contribution in [3.63, 3.8) is 0 Å². The summed E-state index contributed by atoms with van der Waals surface area (Å²) in [5, 5.41) is 8.82. The van der Waals surface area contributed by atoms with Crippen LogP contribution in [0, 0.1) is 0 Å². The van der Waals surface area contributed by atoms with Gasteiger partial charge in [0.05, 0.1) is 11.9 Å². The molecule has 1 aromatic heterocycles. The predicted molar refractivity (Wildman–Crippen MR) is 111 cm³/mol. The SMILES string of the molecule is CC(=O)Nc1cccc(Nc2ccc(C(=O)NCCc3ccccc3)nc2)c1. The minimum absolute atomic E-state index is 0.124. The third-order valence-electron chi connectivity index (χ3n) is 4.01. The van der Waals surface area contributed by atoms with Gasteiger partial charge in [0.1, 0.15) is 5.69 Å². The summed E-state index contributed by atoms with van der Waals surface area (Å²) in [6, 6.07) is 20.8. The lowest BCUT2D eigenvalue weighted by Gasteiger charge is -2.09. The molecule has 2 amide bonds. The molecule has 0 fully saturated rings. The molecule has 0 aliphatic carbocycles. The summed E-state index contributed by atoms with van der Waals surface area (Å²) in [6.07, 6.45) is 2.38. The lowest BCUT2D eigenvalue weighted by molar-refractivity contribution is -0.114. The van der Waals surface area contributed by atoms with E-state index in [9.17, 15) is 9.59 Å². The number of nitrogens with one attached hydrogen (secondary N) is 3. The number of hydrogen-bond donors (Lipinski definition) is 3. The summed E-state index contributed by atoms with van der Waals surface area (Å²) in [4.78, 5) is 27.6. The third kappa shape index (κ3) is 5.67. The van der Waals surface area contributed by atoms with E-state index in [0.717, 1.165) is 17.8 Å². The second-order valence-electron chi connectivity index (χ2n) is 6.31. The number of hydrogen-bond acceptors (Lipinski definition) is 4. The van der Waals surface area contributed by atoms with Gasteiger partial charge in [0.15, 0.2) is 0 Å². The maximum atomic E-state index is 12.2. The summed E-state index contributed by atoms with van der Waals surface area (Å²) >= 11 is 0. The van der Waals surface area contributed by atoms with E-state index in [4.69, 9.17) is 0 Å². The van der Waals surface area contributed by atoms with Gasteiger partial charge in [-0.1, -0.05) is 36.4 Å². The van der Waals surface area contributed by atoms with E-state index in [2.05, 4.69) is 20.9 Å². The fourth-order valence-corrected chi connectivity index (χ4v) is 2.70. The average Bonchev–Trinajstić information content (AvgIpc) is 2.69. The molecule has 0 bridgehead atoms. The summed E-state index contributed by atoms with van der Waals surface area (Å²) < 4.78 is 0. The Bertz CT molecular complexity index is 940. The molecule has 28 heavy (non-hydrogen) atoms. The van der Waals surface area contributed by atoms with E-state index in [1.807, 2.05) is 54.6 Å². The molecule has 0 aliphatic rings. The summed E-state index contributed by atoms with van der Waals surface area (Å²) in [5.41, 5.74) is 3.82. The number of aromatic nitrogens is 1. The Morgan fingerprint density at radius 1 is 0.893 bits per heavy atom. The lowest BCUT2D eigenvalue weighted by Crippen LogP contribution is -2.26. The van der Waals surface area contributed by atoms with Crippen LogP contribution < -0.4 is 16.0 Å². The first kappa shape index (κ1) is 19.1. The van der Waals surface area contributed by atoms with Crippen molar-refractivity contribution in [2.45, 2.75) is 13.3 Å². The number of benzene rings is 2. The van der Waals surface area contributed by atoms with Crippen molar-refractivity contribution in [1.29, 1.82) is 0 Å². The number of carbonyl (C=O) groups excluding carboxylic acids is 2. The fraction of sp³-hybridized carbons (Fsp3) is 0.136. The van der Waals surface area contributed by atoms with Crippen molar-refractivity contribution in [3.8, 4) is 0 Å². The topological polar surface area (TPSA) is 83.1 Å². The Morgan fingerprint density at radius 2 is 1.68 bits per heavy atom. The smallest absolute Gasteiger partial charge is 0.269 e. The molecule has 6 heteroatoms. The van der Waals surface area contributed by atoms with Crippen LogP contribution in [0.1, 0.15) is 23.0 Å². The van der Waals surface area contributed by atoms with Gasteiger partial charge in [0.2, 0.25) is 5.91 Å². The van der Waals surface area contributed by atoms with Crippen LogP contribution in [0.4, 0.5) is 17.1 Å². The molecule has 3 aromatic rings. The zero-order valence-electron chi connectivity index (χ0n) is 15.6. The van der Waals surface area contributed by atoms with Crippen LogP contribution in [0.15, 0.2) is 72.9 Å². The largest absolute Gasteiger partial charge is 0.354 e. The van der Waals surface area contributed by atoms with Crippen LogP contribution in [-0.2, 0) is 11.2 Å². The van der Waals surface area contributed by atoms with Gasteiger partial charge in [0.25, 0.3) is 5.91 Å². The van der Waals surface area contributed by atoms with Gasteiger partial charge in [-0.3, -0.25) is 9.59 Å². The maximum absolute atomic E-state index is 12.2. The van der Waals surface area contributed by atoms with E-state index in [-0.39, 0.29) is 11.8 Å². The van der Waals surface area contributed by atoms with Crippen LogP contribution in [0.5, 0.6) is 0 Å². The van der Waals surface area contributed by atoms with Crippen LogP contribution in [-0.4, -0.2) is 23.3 Å². The zero-order chi connectivity index (χ0) is 19.8. The molecule has 0 aliphatic heterocycles. The highest BCUT2D eigenvalue weighted by Gasteiger charge is 2.07. The quantitative estimate of drug-likeness (QED) is 0.588. The highest BCUT2D eigenvalue weighted by molar-refractivity contribution is 5.92. The first-order valence-electron chi connectivity index (χ1n) is 9.03. The molecule has 0 radical (unpaired) electrons. The van der Waals surface area contributed by atoms with Gasteiger partial charge < -0.3 is 16.0 Å². The van der Waals surface area contributed by atoms with Gasteiger partial charge in [0, 0.05) is 24.8 Å². The molecule has 2 aromatic carbocycles. The summed E-state index contributed by atoms with van der Waals surface area (Å²) in [7, 11) is 0. The van der Waals surface area contributed by atoms with Gasteiger partial charge in [-0.15, -0.1) is 0 Å². The van der Waals surface area contributed by atoms with E-state index >= 15 is 0 Å². The van der Waals surface area contributed by atoms with Crippen molar-refractivity contribution in [3.05, 3.63) is 84.2 Å². The highest BCUT2D eigenvalue weighted by Crippen LogP contribution is 2.19. The Labute approximate surface area is 164 Å². The normalized spacial score (nSPS) is 10.2. The number of pyridine rings is 1. The molecule has 0 saturated heterocycles. The summed E-state index contributed by atoms with van der Waals surface area (Å²) in [6.45, 7) is 2.02. The first-order valence-corrected chi connectivity index (χ1v) is 9.03. The number of nitrogens with zero attached hydrogens (tertiary/aromatic N) is 1. The number of anilines is 3. The number of carbonyl (C=O) groups is 2.